The molecule has 3 unspecified atom stereocenters. The molecule has 0 N–H and O–H groups in total. The third kappa shape index (κ3) is 7.56. The van der Waals surface area contributed by atoms with Gasteiger partial charge >= 0.3 is 5.97 Å². The monoisotopic (exact) mass is 316 g/mol. The first-order chi connectivity index (χ1) is 10.5. The molecule has 1 aliphatic carbocycles. The second-order valence-corrected chi connectivity index (χ2v) is 6.51. The van der Waals surface area contributed by atoms with E-state index in [1.165, 1.54) is 6.42 Å². The van der Waals surface area contributed by atoms with Gasteiger partial charge in [0.05, 0.1) is 26.4 Å². The third-order valence-corrected chi connectivity index (χ3v) is 4.27. The molecule has 5 heteroatoms. The summed E-state index contributed by atoms with van der Waals surface area (Å²) in [5.41, 5.74) is 0. The molecule has 1 saturated carbocycles. The summed E-state index contributed by atoms with van der Waals surface area (Å²) in [6, 6.07) is 0. The lowest BCUT2D eigenvalue weighted by atomic mass is 9.75. The Hall–Kier alpha value is -0.650. The van der Waals surface area contributed by atoms with Crippen molar-refractivity contribution in [3.63, 3.8) is 0 Å². The highest BCUT2D eigenvalue weighted by Crippen LogP contribution is 2.35. The lowest BCUT2D eigenvalue weighted by molar-refractivity contribution is -0.161. The van der Waals surface area contributed by atoms with Crippen molar-refractivity contribution in [2.75, 3.05) is 40.1 Å². The van der Waals surface area contributed by atoms with Gasteiger partial charge in [0.25, 0.3) is 0 Å². The van der Waals surface area contributed by atoms with Crippen LogP contribution in [0.25, 0.3) is 0 Å². The van der Waals surface area contributed by atoms with Gasteiger partial charge in [0.1, 0.15) is 12.7 Å². The van der Waals surface area contributed by atoms with E-state index in [1.54, 1.807) is 7.11 Å². The van der Waals surface area contributed by atoms with Gasteiger partial charge < -0.3 is 18.9 Å². The number of rotatable bonds is 10. The zero-order chi connectivity index (χ0) is 16.4. The van der Waals surface area contributed by atoms with Crippen LogP contribution in [0.4, 0.5) is 0 Å². The minimum atomic E-state index is -0.262. The molecule has 0 radical (unpaired) electrons. The molecule has 5 nitrogen and oxygen atoms in total. The average Bonchev–Trinajstić information content (AvgIpc) is 2.46. The van der Waals surface area contributed by atoms with Crippen LogP contribution >= 0.6 is 0 Å². The van der Waals surface area contributed by atoms with E-state index in [0.29, 0.717) is 44.2 Å². The maximum atomic E-state index is 11.9. The summed E-state index contributed by atoms with van der Waals surface area (Å²) in [5.74, 6) is 1.38. The van der Waals surface area contributed by atoms with E-state index < -0.39 is 0 Å². The van der Waals surface area contributed by atoms with E-state index in [1.807, 2.05) is 0 Å². The smallest absolute Gasteiger partial charge is 0.332 e. The van der Waals surface area contributed by atoms with Gasteiger partial charge in [-0.15, -0.1) is 0 Å². The van der Waals surface area contributed by atoms with Crippen LogP contribution in [-0.4, -0.2) is 52.2 Å². The molecule has 1 aliphatic rings. The van der Waals surface area contributed by atoms with E-state index in [9.17, 15) is 4.79 Å². The first kappa shape index (κ1) is 19.4. The predicted molar refractivity (Wildman–Crippen MR) is 84.7 cm³/mol. The molecule has 22 heavy (non-hydrogen) atoms. The Morgan fingerprint density at radius 2 is 1.77 bits per heavy atom. The van der Waals surface area contributed by atoms with Crippen molar-refractivity contribution in [1.29, 1.82) is 0 Å². The summed E-state index contributed by atoms with van der Waals surface area (Å²) in [6.45, 7) is 8.61. The largest absolute Gasteiger partial charge is 0.460 e. The number of carbonyl (C=O) groups excluding carboxylic acids is 1. The average molecular weight is 316 g/mol. The molecular formula is C17H32O5. The van der Waals surface area contributed by atoms with E-state index >= 15 is 0 Å². The Kier molecular flexibility index (Phi) is 9.68. The highest BCUT2D eigenvalue weighted by atomic mass is 16.6. The standard InChI is InChI=1S/C17H32O5/c1-13(2)15-6-5-14(3)11-16(15)22-17(18)12-21-10-9-20-8-7-19-4/h13-16H,5-12H2,1-4H3. The molecule has 0 heterocycles. The van der Waals surface area contributed by atoms with Gasteiger partial charge in [-0.05, 0) is 30.6 Å². The predicted octanol–water partition coefficient (Wildman–Crippen LogP) is 2.67. The molecule has 0 spiro atoms. The molecule has 1 fully saturated rings. The van der Waals surface area contributed by atoms with Gasteiger partial charge in [0.15, 0.2) is 0 Å². The van der Waals surface area contributed by atoms with E-state index in [-0.39, 0.29) is 18.7 Å². The molecule has 3 atom stereocenters. The van der Waals surface area contributed by atoms with Crippen molar-refractivity contribution < 1.29 is 23.7 Å². The number of esters is 1. The summed E-state index contributed by atoms with van der Waals surface area (Å²) in [7, 11) is 1.63. The van der Waals surface area contributed by atoms with Crippen molar-refractivity contribution in [1.82, 2.24) is 0 Å². The number of carbonyl (C=O) groups is 1. The Morgan fingerprint density at radius 3 is 2.45 bits per heavy atom. The van der Waals surface area contributed by atoms with Crippen LogP contribution in [0.3, 0.4) is 0 Å². The van der Waals surface area contributed by atoms with Crippen molar-refractivity contribution >= 4 is 5.97 Å². The van der Waals surface area contributed by atoms with E-state index in [0.717, 1.165) is 12.8 Å². The summed E-state index contributed by atoms with van der Waals surface area (Å²) < 4.78 is 21.1. The maximum absolute atomic E-state index is 11.9. The van der Waals surface area contributed by atoms with Crippen molar-refractivity contribution in [3.8, 4) is 0 Å². The van der Waals surface area contributed by atoms with E-state index in [2.05, 4.69) is 20.8 Å². The van der Waals surface area contributed by atoms with Crippen LogP contribution in [0.2, 0.25) is 0 Å². The van der Waals surface area contributed by atoms with Crippen LogP contribution < -0.4 is 0 Å². The molecule has 0 saturated heterocycles. The van der Waals surface area contributed by atoms with Gasteiger partial charge in [-0.2, -0.15) is 0 Å². The minimum absolute atomic E-state index is 0.00331. The number of hydrogen-bond acceptors (Lipinski definition) is 5. The number of hydrogen-bond donors (Lipinski definition) is 0. The second-order valence-electron chi connectivity index (χ2n) is 6.51. The quantitative estimate of drug-likeness (QED) is 0.458. The topological polar surface area (TPSA) is 54.0 Å². The molecule has 0 aliphatic heterocycles. The normalized spacial score (nSPS) is 25.4. The lowest BCUT2D eigenvalue weighted by Gasteiger charge is -2.36. The Morgan fingerprint density at radius 1 is 1.09 bits per heavy atom. The molecule has 0 aromatic rings. The minimum Gasteiger partial charge on any atom is -0.460 e. The first-order valence-corrected chi connectivity index (χ1v) is 8.38. The molecule has 1 rings (SSSR count). The Balaban J connectivity index is 2.19. The fourth-order valence-electron chi connectivity index (χ4n) is 2.97. The molecule has 0 aromatic heterocycles. The highest BCUT2D eigenvalue weighted by molar-refractivity contribution is 5.70. The van der Waals surface area contributed by atoms with Crippen molar-refractivity contribution in [2.24, 2.45) is 17.8 Å². The van der Waals surface area contributed by atoms with Crippen LogP contribution in [0.5, 0.6) is 0 Å². The van der Waals surface area contributed by atoms with Gasteiger partial charge in [0, 0.05) is 7.11 Å². The zero-order valence-corrected chi connectivity index (χ0v) is 14.5. The van der Waals surface area contributed by atoms with Crippen molar-refractivity contribution in [3.05, 3.63) is 0 Å². The summed E-state index contributed by atoms with van der Waals surface area (Å²) in [5, 5.41) is 0. The molecule has 0 amide bonds. The molecular weight excluding hydrogens is 284 g/mol. The third-order valence-electron chi connectivity index (χ3n) is 4.27. The van der Waals surface area contributed by atoms with Crippen molar-refractivity contribution in [2.45, 2.75) is 46.1 Å². The summed E-state index contributed by atoms with van der Waals surface area (Å²) >= 11 is 0. The number of ether oxygens (including phenoxy) is 4. The zero-order valence-electron chi connectivity index (χ0n) is 14.5. The van der Waals surface area contributed by atoms with Crippen LogP contribution in [0.1, 0.15) is 40.0 Å². The fraction of sp³-hybridized carbons (Fsp3) is 0.941. The van der Waals surface area contributed by atoms with Gasteiger partial charge in [-0.3, -0.25) is 0 Å². The summed E-state index contributed by atoms with van der Waals surface area (Å²) in [6.07, 6.45) is 3.38. The maximum Gasteiger partial charge on any atom is 0.332 e. The Labute approximate surface area is 134 Å². The van der Waals surface area contributed by atoms with Crippen LogP contribution in [-0.2, 0) is 23.7 Å². The fourth-order valence-corrected chi connectivity index (χ4v) is 2.97. The molecule has 0 bridgehead atoms. The second kappa shape index (κ2) is 11.0. The lowest BCUT2D eigenvalue weighted by Crippen LogP contribution is -2.36. The first-order valence-electron chi connectivity index (χ1n) is 8.38. The van der Waals surface area contributed by atoms with Gasteiger partial charge in [0.2, 0.25) is 0 Å². The van der Waals surface area contributed by atoms with Crippen LogP contribution in [0, 0.1) is 17.8 Å². The SMILES string of the molecule is COCCOCCOCC(=O)OC1CC(C)CCC1C(C)C. The molecule has 0 aromatic carbocycles. The number of methoxy groups -OCH3 is 1. The van der Waals surface area contributed by atoms with E-state index in [4.69, 9.17) is 18.9 Å². The summed E-state index contributed by atoms with van der Waals surface area (Å²) in [4.78, 5) is 11.9. The van der Waals surface area contributed by atoms with Crippen LogP contribution in [0.15, 0.2) is 0 Å². The van der Waals surface area contributed by atoms with Gasteiger partial charge in [-0.25, -0.2) is 4.79 Å². The highest BCUT2D eigenvalue weighted by Gasteiger charge is 2.33. The Bertz CT molecular complexity index is 305. The van der Waals surface area contributed by atoms with Gasteiger partial charge in [-0.1, -0.05) is 27.2 Å². The molecule has 130 valence electrons.